The maximum absolute atomic E-state index is 12.0. The van der Waals surface area contributed by atoms with Crippen LogP contribution in [-0.4, -0.2) is 24.3 Å². The lowest BCUT2D eigenvalue weighted by Crippen LogP contribution is -2.18. The largest absolute Gasteiger partial charge is 0.462 e. The highest BCUT2D eigenvalue weighted by atomic mass is 16.5. The number of ether oxygens (including phenoxy) is 1. The van der Waals surface area contributed by atoms with E-state index in [0.717, 1.165) is 24.0 Å². The Morgan fingerprint density at radius 1 is 1.26 bits per heavy atom. The van der Waals surface area contributed by atoms with Crippen LogP contribution in [0, 0.1) is 19.3 Å². The molecule has 0 atom stereocenters. The van der Waals surface area contributed by atoms with Crippen LogP contribution in [0.5, 0.6) is 0 Å². The zero-order valence-electron chi connectivity index (χ0n) is 12.3. The Hall–Kier alpha value is -1.35. The van der Waals surface area contributed by atoms with E-state index in [4.69, 9.17) is 9.84 Å². The van der Waals surface area contributed by atoms with Crippen molar-refractivity contribution in [1.82, 2.24) is 0 Å². The van der Waals surface area contributed by atoms with Crippen molar-refractivity contribution in [2.45, 2.75) is 40.5 Å². The quantitative estimate of drug-likeness (QED) is 0.633. The molecule has 0 bridgehead atoms. The molecule has 1 rings (SSSR count). The second kappa shape index (κ2) is 6.71. The van der Waals surface area contributed by atoms with Gasteiger partial charge in [0.15, 0.2) is 0 Å². The van der Waals surface area contributed by atoms with Crippen LogP contribution in [0.4, 0.5) is 0 Å². The fraction of sp³-hybridized carbons (Fsp3) is 0.562. The summed E-state index contributed by atoms with van der Waals surface area (Å²) in [5, 5.41) is 9.15. The summed E-state index contributed by atoms with van der Waals surface area (Å²) in [6.07, 6.45) is 1.60. The summed E-state index contributed by atoms with van der Waals surface area (Å²) in [7, 11) is 0. The molecular formula is C16H24O3. The third-order valence-electron chi connectivity index (χ3n) is 3.34. The van der Waals surface area contributed by atoms with Gasteiger partial charge in [-0.05, 0) is 43.2 Å². The van der Waals surface area contributed by atoms with E-state index < -0.39 is 0 Å². The molecule has 1 aromatic rings. The van der Waals surface area contributed by atoms with E-state index >= 15 is 0 Å². The van der Waals surface area contributed by atoms with Crippen molar-refractivity contribution in [3.05, 3.63) is 34.9 Å². The molecular weight excluding hydrogens is 240 g/mol. The van der Waals surface area contributed by atoms with Crippen molar-refractivity contribution in [3.63, 3.8) is 0 Å². The summed E-state index contributed by atoms with van der Waals surface area (Å²) < 4.78 is 5.31. The van der Waals surface area contributed by atoms with Crippen molar-refractivity contribution in [2.24, 2.45) is 5.41 Å². The zero-order chi connectivity index (χ0) is 14.5. The summed E-state index contributed by atoms with van der Waals surface area (Å²) in [5.41, 5.74) is 2.45. The number of esters is 1. The van der Waals surface area contributed by atoms with Gasteiger partial charge < -0.3 is 9.84 Å². The first kappa shape index (κ1) is 15.7. The molecule has 0 aliphatic heterocycles. The minimum absolute atomic E-state index is 0.106. The molecule has 3 heteroatoms. The second-order valence-electron chi connectivity index (χ2n) is 5.83. The number of carbonyl (C=O) groups is 1. The standard InChI is InChI=1S/C16H24O3/c1-12-7-5-8-13(2)14(12)15(18)19-10-6-9-16(3,4)11-17/h5,7-8,17H,6,9-11H2,1-4H3. The van der Waals surface area contributed by atoms with Crippen molar-refractivity contribution < 1.29 is 14.6 Å². The van der Waals surface area contributed by atoms with Crippen LogP contribution >= 0.6 is 0 Å². The first-order valence-electron chi connectivity index (χ1n) is 6.71. The van der Waals surface area contributed by atoms with Gasteiger partial charge in [0.05, 0.1) is 12.2 Å². The van der Waals surface area contributed by atoms with Gasteiger partial charge in [-0.3, -0.25) is 0 Å². The molecule has 0 radical (unpaired) electrons. The highest BCUT2D eigenvalue weighted by molar-refractivity contribution is 5.92. The van der Waals surface area contributed by atoms with Crippen molar-refractivity contribution >= 4 is 5.97 Å². The third-order valence-corrected chi connectivity index (χ3v) is 3.34. The third kappa shape index (κ3) is 4.67. The predicted octanol–water partition coefficient (Wildman–Crippen LogP) is 3.26. The minimum atomic E-state index is -0.252. The van der Waals surface area contributed by atoms with Crippen LogP contribution in [0.25, 0.3) is 0 Å². The number of aryl methyl sites for hydroxylation is 2. The van der Waals surface area contributed by atoms with E-state index in [2.05, 4.69) is 0 Å². The molecule has 106 valence electrons. The van der Waals surface area contributed by atoms with Crippen LogP contribution < -0.4 is 0 Å². The van der Waals surface area contributed by atoms with Gasteiger partial charge in [0.25, 0.3) is 0 Å². The number of aliphatic hydroxyl groups excluding tert-OH is 1. The van der Waals surface area contributed by atoms with Crippen molar-refractivity contribution in [1.29, 1.82) is 0 Å². The molecule has 0 heterocycles. The fourth-order valence-corrected chi connectivity index (χ4v) is 2.00. The average molecular weight is 264 g/mol. The summed E-state index contributed by atoms with van der Waals surface area (Å²) in [6, 6.07) is 5.77. The smallest absolute Gasteiger partial charge is 0.338 e. The summed E-state index contributed by atoms with van der Waals surface area (Å²) in [4.78, 5) is 12.0. The van der Waals surface area contributed by atoms with Crippen LogP contribution in [0.3, 0.4) is 0 Å². The lowest BCUT2D eigenvalue weighted by Gasteiger charge is -2.21. The Labute approximate surface area is 115 Å². The molecule has 1 N–H and O–H groups in total. The number of benzene rings is 1. The van der Waals surface area contributed by atoms with E-state index in [1.807, 2.05) is 45.9 Å². The van der Waals surface area contributed by atoms with Crippen LogP contribution in [0.2, 0.25) is 0 Å². The van der Waals surface area contributed by atoms with Crippen molar-refractivity contribution in [2.75, 3.05) is 13.2 Å². The van der Waals surface area contributed by atoms with E-state index in [1.54, 1.807) is 0 Å². The molecule has 3 nitrogen and oxygen atoms in total. The van der Waals surface area contributed by atoms with Crippen LogP contribution in [0.1, 0.15) is 48.2 Å². The Bertz CT molecular complexity index is 415. The maximum Gasteiger partial charge on any atom is 0.338 e. The van der Waals surface area contributed by atoms with Gasteiger partial charge in [0.2, 0.25) is 0 Å². The number of aliphatic hydroxyl groups is 1. The van der Waals surface area contributed by atoms with Gasteiger partial charge in [-0.25, -0.2) is 4.79 Å². The van der Waals surface area contributed by atoms with Gasteiger partial charge in [0.1, 0.15) is 0 Å². The van der Waals surface area contributed by atoms with Gasteiger partial charge >= 0.3 is 5.97 Å². The highest BCUT2D eigenvalue weighted by Crippen LogP contribution is 2.21. The minimum Gasteiger partial charge on any atom is -0.462 e. The molecule has 0 fully saturated rings. The fourth-order valence-electron chi connectivity index (χ4n) is 2.00. The summed E-state index contributed by atoms with van der Waals surface area (Å²) in [6.45, 7) is 8.38. The molecule has 19 heavy (non-hydrogen) atoms. The molecule has 0 aliphatic rings. The SMILES string of the molecule is Cc1cccc(C)c1C(=O)OCCCC(C)(C)CO. The number of rotatable bonds is 6. The zero-order valence-corrected chi connectivity index (χ0v) is 12.3. The predicted molar refractivity (Wildman–Crippen MR) is 76.3 cm³/mol. The Morgan fingerprint density at radius 3 is 2.37 bits per heavy atom. The highest BCUT2D eigenvalue weighted by Gasteiger charge is 2.17. The van der Waals surface area contributed by atoms with E-state index in [-0.39, 0.29) is 18.0 Å². The van der Waals surface area contributed by atoms with E-state index in [1.165, 1.54) is 0 Å². The Balaban J connectivity index is 2.49. The average Bonchev–Trinajstić information content (AvgIpc) is 2.34. The van der Waals surface area contributed by atoms with Gasteiger partial charge in [-0.2, -0.15) is 0 Å². The topological polar surface area (TPSA) is 46.5 Å². The number of carbonyl (C=O) groups excluding carboxylic acids is 1. The first-order valence-corrected chi connectivity index (χ1v) is 6.71. The first-order chi connectivity index (χ1) is 8.87. The lowest BCUT2D eigenvalue weighted by molar-refractivity contribution is 0.0473. The van der Waals surface area contributed by atoms with Gasteiger partial charge in [-0.1, -0.05) is 32.0 Å². The molecule has 0 saturated carbocycles. The van der Waals surface area contributed by atoms with E-state index in [9.17, 15) is 4.79 Å². The molecule has 0 spiro atoms. The van der Waals surface area contributed by atoms with E-state index in [0.29, 0.717) is 12.2 Å². The molecule has 0 amide bonds. The molecule has 0 aromatic heterocycles. The normalized spacial score (nSPS) is 11.4. The van der Waals surface area contributed by atoms with Crippen LogP contribution in [0.15, 0.2) is 18.2 Å². The number of hydrogen-bond donors (Lipinski definition) is 1. The number of hydrogen-bond acceptors (Lipinski definition) is 3. The Morgan fingerprint density at radius 2 is 1.84 bits per heavy atom. The summed E-state index contributed by atoms with van der Waals surface area (Å²) in [5.74, 6) is -0.252. The Kier molecular flexibility index (Phi) is 5.55. The second-order valence-corrected chi connectivity index (χ2v) is 5.83. The lowest BCUT2D eigenvalue weighted by atomic mass is 9.89. The molecule has 0 unspecified atom stereocenters. The van der Waals surface area contributed by atoms with Gasteiger partial charge in [-0.15, -0.1) is 0 Å². The van der Waals surface area contributed by atoms with Crippen LogP contribution in [-0.2, 0) is 4.74 Å². The molecule has 0 aliphatic carbocycles. The summed E-state index contributed by atoms with van der Waals surface area (Å²) >= 11 is 0. The van der Waals surface area contributed by atoms with Gasteiger partial charge in [0, 0.05) is 6.61 Å². The van der Waals surface area contributed by atoms with Crippen molar-refractivity contribution in [3.8, 4) is 0 Å². The maximum atomic E-state index is 12.0. The monoisotopic (exact) mass is 264 g/mol. The molecule has 1 aromatic carbocycles. The molecule has 0 saturated heterocycles.